The molecule has 0 fully saturated rings. The fourth-order valence-corrected chi connectivity index (χ4v) is 2.21. The van der Waals surface area contributed by atoms with Crippen molar-refractivity contribution in [1.82, 2.24) is 0 Å². The third kappa shape index (κ3) is 6.21. The number of benzene rings is 2. The second-order valence-electron chi connectivity index (χ2n) is 4.85. The summed E-state index contributed by atoms with van der Waals surface area (Å²) in [6.45, 7) is 4.77. The van der Waals surface area contributed by atoms with Gasteiger partial charge >= 0.3 is 0 Å². The van der Waals surface area contributed by atoms with Crippen molar-refractivity contribution in [2.45, 2.75) is 25.4 Å². The van der Waals surface area contributed by atoms with E-state index in [0.717, 1.165) is 41.8 Å². The number of ether oxygens (including phenoxy) is 2. The third-order valence-electron chi connectivity index (χ3n) is 3.05. The molecule has 0 aromatic heterocycles. The van der Waals surface area contributed by atoms with Crippen LogP contribution in [0.2, 0.25) is 0 Å². The Bertz CT molecular complexity index is 511. The second kappa shape index (κ2) is 8.73. The first-order chi connectivity index (χ1) is 10.2. The van der Waals surface area contributed by atoms with E-state index in [4.69, 9.17) is 9.47 Å². The Hall–Kier alpha value is -1.48. The van der Waals surface area contributed by atoms with Crippen LogP contribution in [0, 0.1) is 6.92 Å². The summed E-state index contributed by atoms with van der Waals surface area (Å²) >= 11 is 3.41. The van der Waals surface area contributed by atoms with E-state index in [9.17, 15) is 0 Å². The van der Waals surface area contributed by atoms with Gasteiger partial charge in [-0.05, 0) is 62.6 Å². The summed E-state index contributed by atoms with van der Waals surface area (Å²) in [6.07, 6.45) is 2.94. The van der Waals surface area contributed by atoms with Crippen LogP contribution in [-0.2, 0) is 0 Å². The van der Waals surface area contributed by atoms with Crippen LogP contribution in [0.5, 0.6) is 11.5 Å². The van der Waals surface area contributed by atoms with Crippen molar-refractivity contribution in [3.8, 4) is 11.5 Å². The van der Waals surface area contributed by atoms with Gasteiger partial charge in [-0.25, -0.2) is 0 Å². The number of halogens is 1. The van der Waals surface area contributed by atoms with Gasteiger partial charge in [0.05, 0.1) is 12.7 Å². The lowest BCUT2D eigenvalue weighted by Gasteiger charge is -2.14. The van der Waals surface area contributed by atoms with E-state index >= 15 is 0 Å². The molecule has 111 valence electrons. The van der Waals surface area contributed by atoms with Gasteiger partial charge in [-0.3, -0.25) is 0 Å². The lowest BCUT2D eigenvalue weighted by Crippen LogP contribution is -2.12. The minimum atomic E-state index is -0.0251. The first-order valence-electron chi connectivity index (χ1n) is 7.17. The van der Waals surface area contributed by atoms with E-state index in [1.165, 1.54) is 0 Å². The largest absolute Gasteiger partial charge is 0.494 e. The number of unbranched alkanes of at least 4 members (excludes halogenated alkanes) is 1. The summed E-state index contributed by atoms with van der Waals surface area (Å²) < 4.78 is 12.5. The Morgan fingerprint density at radius 3 is 2.33 bits per heavy atom. The van der Waals surface area contributed by atoms with Gasteiger partial charge in [0.15, 0.2) is 0 Å². The van der Waals surface area contributed by atoms with Crippen LogP contribution in [0.1, 0.15) is 19.3 Å². The molecule has 0 saturated heterocycles. The van der Waals surface area contributed by atoms with Crippen LogP contribution in [0.4, 0.5) is 0 Å². The van der Waals surface area contributed by atoms with Gasteiger partial charge in [0.1, 0.15) is 11.5 Å². The van der Waals surface area contributed by atoms with Crippen molar-refractivity contribution in [3.05, 3.63) is 66.0 Å². The maximum Gasteiger partial charge on any atom is 0.119 e. The molecule has 0 bridgehead atoms. The molecule has 0 aliphatic heterocycles. The summed E-state index contributed by atoms with van der Waals surface area (Å²) in [7, 11) is 0. The highest BCUT2D eigenvalue weighted by molar-refractivity contribution is 9.10. The average molecular weight is 348 g/mol. The molecular formula is C18H20BrO2. The number of hydrogen-bond donors (Lipinski definition) is 0. The number of para-hydroxylation sites is 1. The summed E-state index contributed by atoms with van der Waals surface area (Å²) in [5.41, 5.74) is 0. The van der Waals surface area contributed by atoms with Gasteiger partial charge in [-0.1, -0.05) is 34.1 Å². The lowest BCUT2D eigenvalue weighted by atomic mass is 10.2. The zero-order valence-corrected chi connectivity index (χ0v) is 13.6. The van der Waals surface area contributed by atoms with Crippen molar-refractivity contribution in [2.75, 3.05) is 6.61 Å². The second-order valence-corrected chi connectivity index (χ2v) is 5.77. The molecule has 2 rings (SSSR count). The van der Waals surface area contributed by atoms with Gasteiger partial charge < -0.3 is 9.47 Å². The fourth-order valence-electron chi connectivity index (χ4n) is 1.95. The van der Waals surface area contributed by atoms with Crippen molar-refractivity contribution < 1.29 is 9.47 Å². The molecule has 2 nitrogen and oxygen atoms in total. The molecule has 3 heteroatoms. The Balaban J connectivity index is 1.59. The average Bonchev–Trinajstić information content (AvgIpc) is 2.50. The molecule has 0 N–H and O–H groups in total. The Morgan fingerprint density at radius 2 is 1.62 bits per heavy atom. The molecule has 1 radical (unpaired) electrons. The van der Waals surface area contributed by atoms with Crippen LogP contribution in [0.25, 0.3) is 0 Å². The zero-order chi connectivity index (χ0) is 14.9. The van der Waals surface area contributed by atoms with Crippen LogP contribution in [0.3, 0.4) is 0 Å². The molecule has 0 amide bonds. The monoisotopic (exact) mass is 347 g/mol. The lowest BCUT2D eigenvalue weighted by molar-refractivity contribution is 0.224. The van der Waals surface area contributed by atoms with Crippen molar-refractivity contribution in [2.24, 2.45) is 0 Å². The maximum absolute atomic E-state index is 5.76. The zero-order valence-electron chi connectivity index (χ0n) is 12.0. The van der Waals surface area contributed by atoms with Gasteiger partial charge in [-0.2, -0.15) is 0 Å². The molecule has 0 heterocycles. The van der Waals surface area contributed by atoms with Gasteiger partial charge in [0.25, 0.3) is 0 Å². The topological polar surface area (TPSA) is 18.5 Å². The summed E-state index contributed by atoms with van der Waals surface area (Å²) in [5, 5.41) is 0. The van der Waals surface area contributed by atoms with Crippen LogP contribution < -0.4 is 9.47 Å². The normalized spacial score (nSPS) is 11.9. The molecule has 21 heavy (non-hydrogen) atoms. The highest BCUT2D eigenvalue weighted by Gasteiger charge is 2.04. The Kier molecular flexibility index (Phi) is 6.61. The predicted octanol–water partition coefficient (Wildman–Crippen LogP) is 5.28. The van der Waals surface area contributed by atoms with Crippen molar-refractivity contribution in [1.29, 1.82) is 0 Å². The number of hydrogen-bond acceptors (Lipinski definition) is 2. The molecule has 0 spiro atoms. The van der Waals surface area contributed by atoms with E-state index < -0.39 is 0 Å². The van der Waals surface area contributed by atoms with E-state index in [1.807, 2.05) is 54.6 Å². The summed E-state index contributed by atoms with van der Waals surface area (Å²) in [4.78, 5) is 0. The van der Waals surface area contributed by atoms with Gasteiger partial charge in [0.2, 0.25) is 0 Å². The highest BCUT2D eigenvalue weighted by Crippen LogP contribution is 2.18. The van der Waals surface area contributed by atoms with Crippen LogP contribution >= 0.6 is 15.9 Å². The molecular weight excluding hydrogens is 328 g/mol. The predicted molar refractivity (Wildman–Crippen MR) is 89.7 cm³/mol. The Labute approximate surface area is 135 Å². The molecule has 1 unspecified atom stereocenters. The Morgan fingerprint density at radius 1 is 0.905 bits per heavy atom. The molecule has 2 aromatic rings. The van der Waals surface area contributed by atoms with Gasteiger partial charge in [-0.15, -0.1) is 0 Å². The van der Waals surface area contributed by atoms with E-state index in [-0.39, 0.29) is 6.10 Å². The highest BCUT2D eigenvalue weighted by atomic mass is 79.9. The third-order valence-corrected chi connectivity index (χ3v) is 3.58. The minimum absolute atomic E-state index is 0.0251. The minimum Gasteiger partial charge on any atom is -0.494 e. The summed E-state index contributed by atoms with van der Waals surface area (Å²) in [6, 6.07) is 17.7. The van der Waals surface area contributed by atoms with E-state index in [1.54, 1.807) is 0 Å². The SMILES string of the molecule is [CH2]C(CCCCOc1ccccc1)Oc1ccc(Br)cc1. The van der Waals surface area contributed by atoms with Crippen LogP contribution in [0.15, 0.2) is 59.1 Å². The fraction of sp³-hybridized carbons (Fsp3) is 0.278. The maximum atomic E-state index is 5.76. The smallest absolute Gasteiger partial charge is 0.119 e. The quantitative estimate of drug-likeness (QED) is 0.604. The molecule has 0 aliphatic carbocycles. The molecule has 0 aliphatic rings. The van der Waals surface area contributed by atoms with Crippen molar-refractivity contribution in [3.63, 3.8) is 0 Å². The first-order valence-corrected chi connectivity index (χ1v) is 7.96. The van der Waals surface area contributed by atoms with Gasteiger partial charge in [0, 0.05) is 4.47 Å². The van der Waals surface area contributed by atoms with Crippen LogP contribution in [-0.4, -0.2) is 12.7 Å². The molecule has 0 saturated carbocycles. The number of rotatable bonds is 8. The van der Waals surface area contributed by atoms with E-state index in [0.29, 0.717) is 0 Å². The van der Waals surface area contributed by atoms with E-state index in [2.05, 4.69) is 22.9 Å². The molecule has 2 aromatic carbocycles. The standard InChI is InChI=1S/C18H20BrO2/c1-15(21-18-12-10-16(19)11-13-18)7-5-6-14-20-17-8-3-2-4-9-17/h2-4,8-13,15H,1,5-7,14H2. The van der Waals surface area contributed by atoms with Crippen molar-refractivity contribution >= 4 is 15.9 Å². The molecule has 1 atom stereocenters. The summed E-state index contributed by atoms with van der Waals surface area (Å²) in [5.74, 6) is 1.79. The first kappa shape index (κ1) is 15.9.